The molecule has 1 aromatic carbocycles. The third kappa shape index (κ3) is 3.52. The summed E-state index contributed by atoms with van der Waals surface area (Å²) in [5.74, 6) is -2.37. The minimum atomic E-state index is -4.51. The summed E-state index contributed by atoms with van der Waals surface area (Å²) in [6, 6.07) is 10.2. The quantitative estimate of drug-likeness (QED) is 0.362. The van der Waals surface area contributed by atoms with E-state index >= 15 is 0 Å². The van der Waals surface area contributed by atoms with Crippen LogP contribution in [0.2, 0.25) is 0 Å². The zero-order valence-electron chi connectivity index (χ0n) is 15.6. The van der Waals surface area contributed by atoms with Gasteiger partial charge in [-0.25, -0.2) is 13.8 Å². The SMILES string of the molecule is CN(/N=C/c1cnc2ccc(-c3cccnc3)cn12)S(=O)(=O)c1c(F)cccc1F. The molecule has 0 fully saturated rings. The zero-order chi connectivity index (χ0) is 21.3. The Hall–Kier alpha value is -3.66. The lowest BCUT2D eigenvalue weighted by atomic mass is 10.1. The Bertz CT molecular complexity index is 1330. The van der Waals surface area contributed by atoms with E-state index in [1.165, 1.54) is 12.4 Å². The molecule has 10 heteroatoms. The highest BCUT2D eigenvalue weighted by atomic mass is 32.2. The van der Waals surface area contributed by atoms with Crippen LogP contribution in [0.25, 0.3) is 16.8 Å². The molecule has 30 heavy (non-hydrogen) atoms. The Morgan fingerprint density at radius 2 is 1.80 bits per heavy atom. The minimum Gasteiger partial charge on any atom is -0.298 e. The van der Waals surface area contributed by atoms with Gasteiger partial charge in [-0.05, 0) is 30.3 Å². The van der Waals surface area contributed by atoms with Crippen molar-refractivity contribution in [3.63, 3.8) is 0 Å². The van der Waals surface area contributed by atoms with Gasteiger partial charge in [0.15, 0.2) is 4.90 Å². The van der Waals surface area contributed by atoms with E-state index in [-0.39, 0.29) is 0 Å². The van der Waals surface area contributed by atoms with Crippen LogP contribution in [0, 0.1) is 11.6 Å². The lowest BCUT2D eigenvalue weighted by Gasteiger charge is -2.14. The van der Waals surface area contributed by atoms with E-state index in [0.717, 1.165) is 36.4 Å². The second-order valence-electron chi connectivity index (χ2n) is 6.31. The predicted molar refractivity (Wildman–Crippen MR) is 107 cm³/mol. The maximum absolute atomic E-state index is 13.9. The predicted octanol–water partition coefficient (Wildman–Crippen LogP) is 3.33. The topological polar surface area (TPSA) is 79.9 Å². The maximum atomic E-state index is 13.9. The lowest BCUT2D eigenvalue weighted by molar-refractivity contribution is 0.465. The fraction of sp³-hybridized carbons (Fsp3) is 0.0500. The van der Waals surface area contributed by atoms with Crippen molar-refractivity contribution < 1.29 is 17.2 Å². The van der Waals surface area contributed by atoms with Gasteiger partial charge in [0, 0.05) is 36.8 Å². The molecule has 0 radical (unpaired) electrons. The molecule has 3 aromatic heterocycles. The van der Waals surface area contributed by atoms with Gasteiger partial charge >= 0.3 is 0 Å². The maximum Gasteiger partial charge on any atom is 0.284 e. The minimum absolute atomic E-state index is 0.479. The number of rotatable bonds is 5. The molecular formula is C20H15F2N5O2S. The van der Waals surface area contributed by atoms with E-state index in [4.69, 9.17) is 0 Å². The summed E-state index contributed by atoms with van der Waals surface area (Å²) in [4.78, 5) is 7.29. The molecule has 0 unspecified atom stereocenters. The van der Waals surface area contributed by atoms with E-state index in [9.17, 15) is 17.2 Å². The first-order chi connectivity index (χ1) is 14.4. The molecule has 4 rings (SSSR count). The van der Waals surface area contributed by atoms with Crippen molar-refractivity contribution in [3.05, 3.63) is 84.6 Å². The number of hydrazone groups is 1. The average molecular weight is 427 g/mol. The highest BCUT2D eigenvalue weighted by Crippen LogP contribution is 2.22. The van der Waals surface area contributed by atoms with Gasteiger partial charge in [-0.1, -0.05) is 12.1 Å². The van der Waals surface area contributed by atoms with Crippen molar-refractivity contribution in [2.45, 2.75) is 4.90 Å². The molecule has 7 nitrogen and oxygen atoms in total. The zero-order valence-corrected chi connectivity index (χ0v) is 16.5. The van der Waals surface area contributed by atoms with Crippen LogP contribution in [0.1, 0.15) is 5.69 Å². The lowest BCUT2D eigenvalue weighted by Crippen LogP contribution is -2.24. The molecule has 0 saturated heterocycles. The van der Waals surface area contributed by atoms with Gasteiger partial charge in [0.1, 0.15) is 17.3 Å². The molecule has 4 aromatic rings. The Kier molecular flexibility index (Phi) is 5.00. The van der Waals surface area contributed by atoms with Gasteiger partial charge in [0.2, 0.25) is 0 Å². The molecule has 0 aliphatic heterocycles. The number of imidazole rings is 1. The number of aromatic nitrogens is 3. The first-order valence-electron chi connectivity index (χ1n) is 8.72. The second kappa shape index (κ2) is 7.64. The summed E-state index contributed by atoms with van der Waals surface area (Å²) in [6.45, 7) is 0. The number of hydrogen-bond donors (Lipinski definition) is 0. The molecule has 0 atom stereocenters. The first-order valence-corrected chi connectivity index (χ1v) is 10.2. The molecule has 152 valence electrons. The van der Waals surface area contributed by atoms with Crippen LogP contribution in [0.15, 0.2) is 77.2 Å². The number of nitrogens with zero attached hydrogens (tertiary/aromatic N) is 5. The Morgan fingerprint density at radius 1 is 1.03 bits per heavy atom. The van der Waals surface area contributed by atoms with Crippen LogP contribution < -0.4 is 0 Å². The summed E-state index contributed by atoms with van der Waals surface area (Å²) in [7, 11) is -3.41. The summed E-state index contributed by atoms with van der Waals surface area (Å²) >= 11 is 0. The van der Waals surface area contributed by atoms with E-state index in [1.54, 1.807) is 22.9 Å². The fourth-order valence-corrected chi connectivity index (χ4v) is 3.93. The van der Waals surface area contributed by atoms with Crippen LogP contribution in [0.5, 0.6) is 0 Å². The molecule has 0 aliphatic carbocycles. The van der Waals surface area contributed by atoms with Crippen molar-refractivity contribution in [2.24, 2.45) is 5.10 Å². The fourth-order valence-electron chi connectivity index (χ4n) is 2.86. The number of halogens is 2. The number of benzene rings is 1. The van der Waals surface area contributed by atoms with Crippen molar-refractivity contribution in [1.29, 1.82) is 0 Å². The largest absolute Gasteiger partial charge is 0.298 e. The normalized spacial score (nSPS) is 12.0. The Balaban J connectivity index is 1.68. The summed E-state index contributed by atoms with van der Waals surface area (Å²) in [5, 5.41) is 3.86. The first kappa shape index (κ1) is 19.6. The molecule has 0 N–H and O–H groups in total. The van der Waals surface area contributed by atoms with Crippen LogP contribution >= 0.6 is 0 Å². The molecule has 0 amide bonds. The third-order valence-corrected chi connectivity index (χ3v) is 6.10. The molecule has 0 saturated carbocycles. The van der Waals surface area contributed by atoms with Crippen LogP contribution in [0.4, 0.5) is 8.78 Å². The van der Waals surface area contributed by atoms with Crippen LogP contribution in [0.3, 0.4) is 0 Å². The van der Waals surface area contributed by atoms with Gasteiger partial charge in [0.05, 0.1) is 18.1 Å². The van der Waals surface area contributed by atoms with Crippen LogP contribution in [-0.4, -0.2) is 40.5 Å². The Labute approximate surface area is 171 Å². The van der Waals surface area contributed by atoms with Crippen molar-refractivity contribution >= 4 is 21.9 Å². The molecule has 0 bridgehead atoms. The highest BCUT2D eigenvalue weighted by Gasteiger charge is 2.27. The van der Waals surface area contributed by atoms with Gasteiger partial charge in [-0.2, -0.15) is 17.9 Å². The van der Waals surface area contributed by atoms with Crippen molar-refractivity contribution in [3.8, 4) is 11.1 Å². The van der Waals surface area contributed by atoms with E-state index < -0.39 is 26.6 Å². The standard InChI is InChI=1S/C20H15F2N5O2S/c1-26(30(28,29)20-17(21)5-2-6-18(20)22)25-12-16-11-24-19-8-7-15(13-27(16)19)14-4-3-9-23-10-14/h2-13H,1H3/b25-12+. The number of hydrogen-bond acceptors (Lipinski definition) is 5. The number of pyridine rings is 2. The second-order valence-corrected chi connectivity index (χ2v) is 8.19. The number of sulfonamides is 1. The van der Waals surface area contributed by atoms with Gasteiger partial charge in [-0.15, -0.1) is 0 Å². The number of fused-ring (bicyclic) bond motifs is 1. The van der Waals surface area contributed by atoms with E-state index in [1.807, 2.05) is 24.4 Å². The highest BCUT2D eigenvalue weighted by molar-refractivity contribution is 7.89. The van der Waals surface area contributed by atoms with Crippen LogP contribution in [-0.2, 0) is 10.0 Å². The summed E-state index contributed by atoms with van der Waals surface area (Å²) in [5.41, 5.74) is 2.87. The van der Waals surface area contributed by atoms with Gasteiger partial charge in [0.25, 0.3) is 10.0 Å². The van der Waals surface area contributed by atoms with E-state index in [0.29, 0.717) is 15.8 Å². The monoisotopic (exact) mass is 427 g/mol. The van der Waals surface area contributed by atoms with E-state index in [2.05, 4.69) is 15.1 Å². The van der Waals surface area contributed by atoms with Gasteiger partial charge in [-0.3, -0.25) is 9.38 Å². The van der Waals surface area contributed by atoms with Gasteiger partial charge < -0.3 is 0 Å². The van der Waals surface area contributed by atoms with Crippen molar-refractivity contribution in [1.82, 2.24) is 18.8 Å². The Morgan fingerprint density at radius 3 is 2.50 bits per heavy atom. The smallest absolute Gasteiger partial charge is 0.284 e. The molecule has 3 heterocycles. The summed E-state index contributed by atoms with van der Waals surface area (Å²) in [6.07, 6.45) is 7.96. The molecule has 0 spiro atoms. The summed E-state index contributed by atoms with van der Waals surface area (Å²) < 4.78 is 55.1. The molecule has 0 aliphatic rings. The molecular weight excluding hydrogens is 412 g/mol. The average Bonchev–Trinajstić information content (AvgIpc) is 3.14. The third-order valence-electron chi connectivity index (χ3n) is 4.41. The van der Waals surface area contributed by atoms with Crippen molar-refractivity contribution in [2.75, 3.05) is 7.05 Å².